The first-order valence-corrected chi connectivity index (χ1v) is 5.34. The second-order valence-corrected chi connectivity index (χ2v) is 4.26. The molecule has 0 bridgehead atoms. The van der Waals surface area contributed by atoms with Gasteiger partial charge in [-0.25, -0.2) is 0 Å². The number of fused-ring (bicyclic) bond motifs is 1. The van der Waals surface area contributed by atoms with E-state index >= 15 is 0 Å². The van der Waals surface area contributed by atoms with E-state index < -0.39 is 6.10 Å². The quantitative estimate of drug-likeness (QED) is 0.672. The summed E-state index contributed by atoms with van der Waals surface area (Å²) in [5, 5.41) is 9.62. The first-order valence-electron chi connectivity index (χ1n) is 4.53. The number of aliphatic hydroxyl groups is 1. The highest BCUT2D eigenvalue weighted by molar-refractivity contribution is 7.10. The lowest BCUT2D eigenvalue weighted by Gasteiger charge is -2.16. The van der Waals surface area contributed by atoms with Crippen molar-refractivity contribution in [3.8, 4) is 0 Å². The van der Waals surface area contributed by atoms with Crippen LogP contribution in [0.2, 0.25) is 0 Å². The van der Waals surface area contributed by atoms with Gasteiger partial charge in [0, 0.05) is 0 Å². The Morgan fingerprint density at radius 2 is 2.50 bits per heavy atom. The standard InChI is InChI=1S/C9H12N2O2S/c10-4-3-5-1-2-6(12)7-8(5)14-9(13)11-7/h1,6,12H,2-4,10H2,(H,11,13). The van der Waals surface area contributed by atoms with Crippen molar-refractivity contribution in [1.82, 2.24) is 4.98 Å². The minimum atomic E-state index is -0.564. The Balaban J connectivity index is 2.45. The van der Waals surface area contributed by atoms with Crippen LogP contribution >= 0.6 is 11.3 Å². The zero-order chi connectivity index (χ0) is 10.1. The number of nitrogens with one attached hydrogen (secondary N) is 1. The van der Waals surface area contributed by atoms with E-state index in [0.29, 0.717) is 18.7 Å². The third-order valence-electron chi connectivity index (χ3n) is 2.30. The number of hydrogen-bond acceptors (Lipinski definition) is 4. The van der Waals surface area contributed by atoms with Crippen LogP contribution in [0.15, 0.2) is 10.9 Å². The predicted molar refractivity (Wildman–Crippen MR) is 56.2 cm³/mol. The molecule has 1 heterocycles. The molecule has 14 heavy (non-hydrogen) atoms. The monoisotopic (exact) mass is 212 g/mol. The Hall–Kier alpha value is -0.910. The molecule has 1 aromatic heterocycles. The van der Waals surface area contributed by atoms with Crippen molar-refractivity contribution in [2.45, 2.75) is 18.9 Å². The van der Waals surface area contributed by atoms with Crippen LogP contribution in [-0.2, 0) is 0 Å². The number of rotatable bonds is 2. The normalized spacial score (nSPS) is 20.4. The average Bonchev–Trinajstić information content (AvgIpc) is 2.53. The van der Waals surface area contributed by atoms with Gasteiger partial charge in [-0.1, -0.05) is 17.4 Å². The molecule has 1 unspecified atom stereocenters. The Morgan fingerprint density at radius 1 is 1.71 bits per heavy atom. The molecule has 0 spiro atoms. The van der Waals surface area contributed by atoms with Gasteiger partial charge < -0.3 is 15.8 Å². The van der Waals surface area contributed by atoms with E-state index in [2.05, 4.69) is 4.98 Å². The lowest BCUT2D eigenvalue weighted by Crippen LogP contribution is -2.08. The molecule has 0 saturated carbocycles. The van der Waals surface area contributed by atoms with E-state index in [9.17, 15) is 9.90 Å². The molecule has 0 aliphatic heterocycles. The van der Waals surface area contributed by atoms with Crippen molar-refractivity contribution < 1.29 is 5.11 Å². The van der Waals surface area contributed by atoms with Gasteiger partial charge >= 0.3 is 4.87 Å². The van der Waals surface area contributed by atoms with Crippen LogP contribution in [0.5, 0.6) is 0 Å². The maximum absolute atomic E-state index is 11.1. The summed E-state index contributed by atoms with van der Waals surface area (Å²) in [4.78, 5) is 14.6. The van der Waals surface area contributed by atoms with Crippen LogP contribution in [0.25, 0.3) is 5.57 Å². The second kappa shape index (κ2) is 3.68. The van der Waals surface area contributed by atoms with Crippen LogP contribution < -0.4 is 10.6 Å². The van der Waals surface area contributed by atoms with Gasteiger partial charge in [0.05, 0.1) is 16.7 Å². The average molecular weight is 212 g/mol. The van der Waals surface area contributed by atoms with Gasteiger partial charge in [0.1, 0.15) is 0 Å². The molecule has 1 aliphatic rings. The summed E-state index contributed by atoms with van der Waals surface area (Å²) in [7, 11) is 0. The first kappa shape index (κ1) is 9.64. The summed E-state index contributed by atoms with van der Waals surface area (Å²) >= 11 is 1.15. The molecule has 1 aromatic rings. The van der Waals surface area contributed by atoms with Gasteiger partial charge in [-0.15, -0.1) is 0 Å². The highest BCUT2D eigenvalue weighted by Gasteiger charge is 2.22. The molecule has 5 heteroatoms. The van der Waals surface area contributed by atoms with Crippen LogP contribution in [0.1, 0.15) is 29.5 Å². The summed E-state index contributed by atoms with van der Waals surface area (Å²) in [5.74, 6) is 0. The Morgan fingerprint density at radius 3 is 3.21 bits per heavy atom. The van der Waals surface area contributed by atoms with Crippen LogP contribution in [0.3, 0.4) is 0 Å². The molecule has 0 saturated heterocycles. The van der Waals surface area contributed by atoms with Crippen molar-refractivity contribution >= 4 is 16.9 Å². The predicted octanol–water partition coefficient (Wildman–Crippen LogP) is 0.606. The number of aromatic amines is 1. The van der Waals surface area contributed by atoms with Gasteiger partial charge in [0.2, 0.25) is 0 Å². The molecule has 76 valence electrons. The number of thiazole rings is 1. The first-order chi connectivity index (χ1) is 6.72. The van der Waals surface area contributed by atoms with E-state index in [0.717, 1.165) is 28.2 Å². The number of aromatic nitrogens is 1. The molecule has 0 amide bonds. The maximum Gasteiger partial charge on any atom is 0.305 e. The highest BCUT2D eigenvalue weighted by atomic mass is 32.1. The molecule has 0 radical (unpaired) electrons. The maximum atomic E-state index is 11.1. The number of H-pyrrole nitrogens is 1. The van der Waals surface area contributed by atoms with Crippen molar-refractivity contribution in [2.24, 2.45) is 5.73 Å². The third-order valence-corrected chi connectivity index (χ3v) is 3.28. The molecule has 4 nitrogen and oxygen atoms in total. The number of hydrogen-bond donors (Lipinski definition) is 3. The van der Waals surface area contributed by atoms with E-state index in [4.69, 9.17) is 5.73 Å². The molecule has 2 rings (SSSR count). The molecular weight excluding hydrogens is 200 g/mol. The minimum absolute atomic E-state index is 0.112. The van der Waals surface area contributed by atoms with Gasteiger partial charge in [-0.3, -0.25) is 4.79 Å². The van der Waals surface area contributed by atoms with Crippen molar-refractivity contribution in [2.75, 3.05) is 6.54 Å². The van der Waals surface area contributed by atoms with Gasteiger partial charge in [0.15, 0.2) is 0 Å². The van der Waals surface area contributed by atoms with E-state index in [1.54, 1.807) is 0 Å². The fourth-order valence-electron chi connectivity index (χ4n) is 1.65. The Bertz CT molecular complexity index is 419. The van der Waals surface area contributed by atoms with Crippen molar-refractivity contribution in [1.29, 1.82) is 0 Å². The number of nitrogens with two attached hydrogens (primary N) is 1. The smallest absolute Gasteiger partial charge is 0.305 e. The molecule has 0 fully saturated rings. The van der Waals surface area contributed by atoms with Crippen LogP contribution in [-0.4, -0.2) is 16.6 Å². The van der Waals surface area contributed by atoms with E-state index in [1.807, 2.05) is 6.08 Å². The Kier molecular flexibility index (Phi) is 2.54. The summed E-state index contributed by atoms with van der Waals surface area (Å²) < 4.78 is 0. The zero-order valence-corrected chi connectivity index (χ0v) is 8.43. The summed E-state index contributed by atoms with van der Waals surface area (Å²) in [6, 6.07) is 0. The zero-order valence-electron chi connectivity index (χ0n) is 7.62. The summed E-state index contributed by atoms with van der Waals surface area (Å²) in [5.41, 5.74) is 7.21. The summed E-state index contributed by atoms with van der Waals surface area (Å²) in [6.07, 6.45) is 2.72. The van der Waals surface area contributed by atoms with Gasteiger partial charge in [-0.05, 0) is 25.0 Å². The lowest BCUT2D eigenvalue weighted by atomic mass is 9.98. The topological polar surface area (TPSA) is 79.1 Å². The van der Waals surface area contributed by atoms with E-state index in [-0.39, 0.29) is 4.87 Å². The Labute approximate surface area is 85.1 Å². The van der Waals surface area contributed by atoms with E-state index in [1.165, 1.54) is 0 Å². The number of aliphatic hydroxyl groups excluding tert-OH is 1. The molecular formula is C9H12N2O2S. The molecule has 4 N–H and O–H groups in total. The largest absolute Gasteiger partial charge is 0.387 e. The fourth-order valence-corrected chi connectivity index (χ4v) is 2.61. The van der Waals surface area contributed by atoms with Crippen molar-refractivity contribution in [3.63, 3.8) is 0 Å². The molecule has 1 atom stereocenters. The lowest BCUT2D eigenvalue weighted by molar-refractivity contribution is 0.175. The SMILES string of the molecule is NCCC1=CCC(O)c2[nH]c(=O)sc21. The molecule has 1 aliphatic carbocycles. The van der Waals surface area contributed by atoms with Crippen LogP contribution in [0, 0.1) is 0 Å². The highest BCUT2D eigenvalue weighted by Crippen LogP contribution is 2.34. The minimum Gasteiger partial charge on any atom is -0.387 e. The van der Waals surface area contributed by atoms with Gasteiger partial charge in [0.25, 0.3) is 0 Å². The van der Waals surface area contributed by atoms with Crippen LogP contribution in [0.4, 0.5) is 0 Å². The molecule has 0 aromatic carbocycles. The van der Waals surface area contributed by atoms with Crippen molar-refractivity contribution in [3.05, 3.63) is 26.3 Å². The second-order valence-electron chi connectivity index (χ2n) is 3.28. The fraction of sp³-hybridized carbons (Fsp3) is 0.444. The summed E-state index contributed by atoms with van der Waals surface area (Å²) in [6.45, 7) is 0.563. The third kappa shape index (κ3) is 1.54. The van der Waals surface area contributed by atoms with Gasteiger partial charge in [-0.2, -0.15) is 0 Å².